The van der Waals surface area contributed by atoms with Gasteiger partial charge in [0.1, 0.15) is 12.4 Å². The number of nitrogens with zero attached hydrogens (tertiary/aromatic N) is 1. The first kappa shape index (κ1) is 26.8. The number of esters is 2. The molecule has 0 bridgehead atoms. The summed E-state index contributed by atoms with van der Waals surface area (Å²) in [6, 6.07) is 11.9. The van der Waals surface area contributed by atoms with Gasteiger partial charge in [0.2, 0.25) is 0 Å². The maximum atomic E-state index is 14.2. The van der Waals surface area contributed by atoms with Crippen molar-refractivity contribution < 1.29 is 32.7 Å². The predicted octanol–water partition coefficient (Wildman–Crippen LogP) is 4.92. The zero-order valence-corrected chi connectivity index (χ0v) is 21.7. The summed E-state index contributed by atoms with van der Waals surface area (Å²) in [6.07, 6.45) is 5.23. The smallest absolute Gasteiger partial charge is 0.362 e. The molecule has 4 rings (SSSR count). The summed E-state index contributed by atoms with van der Waals surface area (Å²) in [5.41, 5.74) is 0.819. The van der Waals surface area contributed by atoms with Gasteiger partial charge < -0.3 is 19.3 Å². The molecule has 1 aliphatic carbocycles. The Hall–Kier alpha value is -3.26. The lowest BCUT2D eigenvalue weighted by molar-refractivity contribution is -0.945. The van der Waals surface area contributed by atoms with Gasteiger partial charge in [0.15, 0.2) is 12.1 Å². The number of anilines is 1. The van der Waals surface area contributed by atoms with Crippen LogP contribution in [-0.2, 0) is 25.7 Å². The number of quaternary nitrogens is 1. The standard InChI is InChI=1S/C29H35FN2O5/c1-3-36-27(34)24-18-23(30)17-21(2)26(24)31-28(35)29(13-14-29)32(15-9-4-5-10-16-32)19-25(33)37-20-22-11-7-6-8-12-22/h6-8,11-12,17-18H,3-5,9-10,13-16,19-20H2,1-2H3/p+1. The molecule has 2 aromatic rings. The number of carbonyl (C=O) groups is 3. The van der Waals surface area contributed by atoms with Gasteiger partial charge in [-0.2, -0.15) is 0 Å². The number of amides is 1. The molecule has 1 saturated carbocycles. The molecule has 0 spiro atoms. The van der Waals surface area contributed by atoms with Gasteiger partial charge in [0.25, 0.3) is 5.91 Å². The average Bonchev–Trinajstić information content (AvgIpc) is 3.71. The SMILES string of the molecule is CCOC(=O)c1cc(F)cc(C)c1NC(=O)C1([N+]2(CC(=O)OCc3ccccc3)CCCCCC2)CC1. The first-order valence-electron chi connectivity index (χ1n) is 13.1. The highest BCUT2D eigenvalue weighted by atomic mass is 19.1. The van der Waals surface area contributed by atoms with Crippen molar-refractivity contribution in [3.05, 3.63) is 65.0 Å². The highest BCUT2D eigenvalue weighted by Gasteiger charge is 2.66. The third-order valence-electron chi connectivity index (χ3n) is 7.69. The summed E-state index contributed by atoms with van der Waals surface area (Å²) in [4.78, 5) is 39.6. The molecular weight excluding hydrogens is 475 g/mol. The Morgan fingerprint density at radius 3 is 2.30 bits per heavy atom. The van der Waals surface area contributed by atoms with Crippen LogP contribution in [0.25, 0.3) is 0 Å². The molecule has 2 aromatic carbocycles. The Morgan fingerprint density at radius 1 is 1.00 bits per heavy atom. The van der Waals surface area contributed by atoms with E-state index < -0.39 is 17.3 Å². The van der Waals surface area contributed by atoms with Crippen LogP contribution in [0.2, 0.25) is 0 Å². The summed E-state index contributed by atoms with van der Waals surface area (Å²) in [6.45, 7) is 5.19. The number of hydrogen-bond donors (Lipinski definition) is 1. The van der Waals surface area contributed by atoms with E-state index in [2.05, 4.69) is 5.32 Å². The van der Waals surface area contributed by atoms with E-state index in [1.807, 2.05) is 30.3 Å². The minimum absolute atomic E-state index is 0.00631. The zero-order chi connectivity index (χ0) is 26.5. The zero-order valence-electron chi connectivity index (χ0n) is 21.7. The van der Waals surface area contributed by atoms with Gasteiger partial charge in [-0.25, -0.2) is 14.0 Å². The van der Waals surface area contributed by atoms with Crippen molar-refractivity contribution in [3.8, 4) is 0 Å². The number of hydrogen-bond acceptors (Lipinski definition) is 5. The molecule has 1 aliphatic heterocycles. The maximum absolute atomic E-state index is 14.2. The first-order chi connectivity index (χ1) is 17.8. The molecule has 0 unspecified atom stereocenters. The summed E-state index contributed by atoms with van der Waals surface area (Å²) >= 11 is 0. The molecule has 0 atom stereocenters. The number of nitrogens with one attached hydrogen (secondary N) is 1. The van der Waals surface area contributed by atoms with Gasteiger partial charge in [-0.15, -0.1) is 0 Å². The van der Waals surface area contributed by atoms with Gasteiger partial charge in [0, 0.05) is 12.8 Å². The topological polar surface area (TPSA) is 81.7 Å². The van der Waals surface area contributed by atoms with Crippen LogP contribution >= 0.6 is 0 Å². The fourth-order valence-corrected chi connectivity index (χ4v) is 5.61. The quantitative estimate of drug-likeness (QED) is 0.382. The lowest BCUT2D eigenvalue weighted by atomic mass is 10.0. The van der Waals surface area contributed by atoms with E-state index in [0.29, 0.717) is 36.0 Å². The second-order valence-electron chi connectivity index (χ2n) is 10.2. The summed E-state index contributed by atoms with van der Waals surface area (Å²) in [7, 11) is 0. The second-order valence-corrected chi connectivity index (χ2v) is 10.2. The van der Waals surface area contributed by atoms with Crippen LogP contribution in [0.15, 0.2) is 42.5 Å². The largest absolute Gasteiger partial charge is 0.462 e. The molecular formula is C29H36FN2O5+. The molecule has 1 amide bonds. The van der Waals surface area contributed by atoms with Crippen LogP contribution in [0.4, 0.5) is 10.1 Å². The summed E-state index contributed by atoms with van der Waals surface area (Å²) in [5.74, 6) is -1.83. The minimum atomic E-state index is -0.789. The third-order valence-corrected chi connectivity index (χ3v) is 7.69. The molecule has 7 nitrogen and oxygen atoms in total. The Bertz CT molecular complexity index is 1140. The molecule has 2 aliphatic rings. The van der Waals surface area contributed by atoms with Crippen molar-refractivity contribution in [3.63, 3.8) is 0 Å². The number of halogens is 1. The molecule has 198 valence electrons. The van der Waals surface area contributed by atoms with Crippen molar-refractivity contribution in [2.45, 2.75) is 64.5 Å². The van der Waals surface area contributed by atoms with E-state index >= 15 is 0 Å². The van der Waals surface area contributed by atoms with E-state index in [9.17, 15) is 18.8 Å². The maximum Gasteiger partial charge on any atom is 0.362 e. The monoisotopic (exact) mass is 511 g/mol. The van der Waals surface area contributed by atoms with Gasteiger partial charge in [0.05, 0.1) is 30.9 Å². The Morgan fingerprint density at radius 2 is 1.68 bits per heavy atom. The first-order valence-corrected chi connectivity index (χ1v) is 13.1. The Labute approximate surface area is 217 Å². The predicted molar refractivity (Wildman–Crippen MR) is 137 cm³/mol. The van der Waals surface area contributed by atoms with Crippen molar-refractivity contribution in [1.82, 2.24) is 0 Å². The van der Waals surface area contributed by atoms with E-state index in [1.165, 1.54) is 6.07 Å². The molecule has 2 fully saturated rings. The number of benzene rings is 2. The second kappa shape index (κ2) is 11.4. The molecule has 1 N–H and O–H groups in total. The van der Waals surface area contributed by atoms with Gasteiger partial charge in [-0.3, -0.25) is 4.79 Å². The van der Waals surface area contributed by atoms with Crippen LogP contribution in [0.5, 0.6) is 0 Å². The number of aryl methyl sites for hydroxylation is 1. The molecule has 8 heteroatoms. The highest BCUT2D eigenvalue weighted by molar-refractivity contribution is 6.05. The van der Waals surface area contributed by atoms with Crippen molar-refractivity contribution in [1.29, 1.82) is 0 Å². The van der Waals surface area contributed by atoms with E-state index in [-0.39, 0.29) is 42.9 Å². The minimum Gasteiger partial charge on any atom is -0.462 e. The van der Waals surface area contributed by atoms with Gasteiger partial charge >= 0.3 is 11.9 Å². The van der Waals surface area contributed by atoms with Crippen LogP contribution < -0.4 is 5.32 Å². The van der Waals surface area contributed by atoms with Crippen LogP contribution in [0.1, 0.15) is 66.9 Å². The summed E-state index contributed by atoms with van der Waals surface area (Å²) in [5, 5.41) is 2.95. The van der Waals surface area contributed by atoms with Gasteiger partial charge in [-0.05, 0) is 62.8 Å². The van der Waals surface area contributed by atoms with Crippen molar-refractivity contribution in [2.24, 2.45) is 0 Å². The van der Waals surface area contributed by atoms with Crippen LogP contribution in [0, 0.1) is 12.7 Å². The lowest BCUT2D eigenvalue weighted by Gasteiger charge is -2.43. The molecule has 0 aromatic heterocycles. The lowest BCUT2D eigenvalue weighted by Crippen LogP contribution is -2.64. The molecule has 1 heterocycles. The van der Waals surface area contributed by atoms with E-state index in [4.69, 9.17) is 9.47 Å². The van der Waals surface area contributed by atoms with Crippen molar-refractivity contribution >= 4 is 23.5 Å². The van der Waals surface area contributed by atoms with E-state index in [0.717, 1.165) is 37.3 Å². The van der Waals surface area contributed by atoms with Crippen molar-refractivity contribution in [2.75, 3.05) is 31.6 Å². The third kappa shape index (κ3) is 5.85. The fourth-order valence-electron chi connectivity index (χ4n) is 5.61. The van der Waals surface area contributed by atoms with E-state index in [1.54, 1.807) is 13.8 Å². The normalized spacial score (nSPS) is 17.8. The Kier molecular flexibility index (Phi) is 8.27. The fraction of sp³-hybridized carbons (Fsp3) is 0.483. The molecule has 0 radical (unpaired) electrons. The average molecular weight is 512 g/mol. The molecule has 1 saturated heterocycles. The van der Waals surface area contributed by atoms with Gasteiger partial charge in [-0.1, -0.05) is 30.3 Å². The number of likely N-dealkylation sites (tertiary alicyclic amines) is 1. The van der Waals surface area contributed by atoms with Crippen LogP contribution in [0.3, 0.4) is 0 Å². The summed E-state index contributed by atoms with van der Waals surface area (Å²) < 4.78 is 25.2. The number of ether oxygens (including phenoxy) is 2. The number of carbonyl (C=O) groups excluding carboxylic acids is 3. The highest BCUT2D eigenvalue weighted by Crippen LogP contribution is 2.49. The Balaban J connectivity index is 1.58. The van der Waals surface area contributed by atoms with Crippen LogP contribution in [-0.4, -0.2) is 54.1 Å². The molecule has 37 heavy (non-hydrogen) atoms. The number of rotatable bonds is 9.